The van der Waals surface area contributed by atoms with Crippen molar-refractivity contribution >= 4 is 12.0 Å². The smallest absolute Gasteiger partial charge is 0.416 e. The molecule has 0 aromatic heterocycles. The minimum absolute atomic E-state index is 0.0131. The van der Waals surface area contributed by atoms with Gasteiger partial charge in [-0.05, 0) is 36.3 Å². The first-order chi connectivity index (χ1) is 11.7. The van der Waals surface area contributed by atoms with E-state index in [0.29, 0.717) is 6.42 Å². The van der Waals surface area contributed by atoms with Crippen molar-refractivity contribution in [3.05, 3.63) is 46.3 Å². The Morgan fingerprint density at radius 2 is 2.04 bits per heavy atom. The Kier molecular flexibility index (Phi) is 5.01. The summed E-state index contributed by atoms with van der Waals surface area (Å²) < 4.78 is 5.09. The second kappa shape index (κ2) is 7.36. The van der Waals surface area contributed by atoms with Crippen molar-refractivity contribution in [2.45, 2.75) is 44.2 Å². The highest BCUT2D eigenvalue weighted by Gasteiger charge is 2.43. The summed E-state index contributed by atoms with van der Waals surface area (Å²) in [6.45, 7) is 0.174. The van der Waals surface area contributed by atoms with Crippen LogP contribution in [0.1, 0.15) is 31.2 Å². The van der Waals surface area contributed by atoms with Crippen LogP contribution in [0, 0.1) is 5.92 Å². The Balaban J connectivity index is 1.79. The van der Waals surface area contributed by atoms with Crippen molar-refractivity contribution < 1.29 is 14.3 Å². The van der Waals surface area contributed by atoms with Crippen LogP contribution in [-0.2, 0) is 16.0 Å². The van der Waals surface area contributed by atoms with Gasteiger partial charge in [-0.15, -0.1) is 0 Å². The van der Waals surface area contributed by atoms with Crippen LogP contribution in [-0.4, -0.2) is 35.6 Å². The molecule has 1 saturated carbocycles. The van der Waals surface area contributed by atoms with Gasteiger partial charge in [-0.25, -0.2) is 9.69 Å². The van der Waals surface area contributed by atoms with E-state index in [4.69, 9.17) is 10.3 Å². The molecule has 2 fully saturated rings. The summed E-state index contributed by atoms with van der Waals surface area (Å²) in [5.74, 6) is -0.415. The average molecular weight is 328 g/mol. The molecule has 1 saturated heterocycles. The summed E-state index contributed by atoms with van der Waals surface area (Å²) in [5.41, 5.74) is 9.85. The highest BCUT2D eigenvalue weighted by molar-refractivity contribution is 5.96. The molecule has 7 heteroatoms. The minimum Gasteiger partial charge on any atom is -0.447 e. The first-order valence-corrected chi connectivity index (χ1v) is 8.28. The molecule has 2 aliphatic rings. The molecule has 1 aliphatic heterocycles. The summed E-state index contributed by atoms with van der Waals surface area (Å²) in [5, 5.41) is 3.71. The fourth-order valence-electron chi connectivity index (χ4n) is 3.58. The Hall–Kier alpha value is -2.53. The molecule has 0 spiro atoms. The topological polar surface area (TPSA) is 95.4 Å². The third-order valence-corrected chi connectivity index (χ3v) is 4.79. The van der Waals surface area contributed by atoms with E-state index in [1.807, 2.05) is 30.3 Å². The van der Waals surface area contributed by atoms with Crippen LogP contribution in [0.15, 0.2) is 35.4 Å². The highest BCUT2D eigenvalue weighted by atomic mass is 16.6. The van der Waals surface area contributed by atoms with Crippen LogP contribution >= 0.6 is 0 Å². The number of nitrogens with zero attached hydrogens (tertiary/aromatic N) is 4. The van der Waals surface area contributed by atoms with Crippen molar-refractivity contribution in [2.75, 3.05) is 6.61 Å². The van der Waals surface area contributed by atoms with E-state index in [-0.39, 0.29) is 18.6 Å². The number of cyclic esters (lactones) is 1. The number of benzene rings is 1. The number of amides is 2. The van der Waals surface area contributed by atoms with Gasteiger partial charge in [0.25, 0.3) is 0 Å². The van der Waals surface area contributed by atoms with Crippen LogP contribution in [0.2, 0.25) is 0 Å². The first kappa shape index (κ1) is 16.3. The highest BCUT2D eigenvalue weighted by Crippen LogP contribution is 2.31. The lowest BCUT2D eigenvalue weighted by Gasteiger charge is -2.25. The number of azide groups is 1. The van der Waals surface area contributed by atoms with Crippen LogP contribution in [0.4, 0.5) is 4.79 Å². The Morgan fingerprint density at radius 1 is 1.33 bits per heavy atom. The fourth-order valence-corrected chi connectivity index (χ4v) is 3.58. The van der Waals surface area contributed by atoms with Gasteiger partial charge >= 0.3 is 6.09 Å². The zero-order valence-corrected chi connectivity index (χ0v) is 13.4. The average Bonchev–Trinajstić information content (AvgIpc) is 3.23. The number of hydrogen-bond donors (Lipinski definition) is 0. The minimum atomic E-state index is -0.818. The first-order valence-electron chi connectivity index (χ1n) is 8.28. The maximum absolute atomic E-state index is 12.9. The number of hydrogen-bond acceptors (Lipinski definition) is 4. The lowest BCUT2D eigenvalue weighted by molar-refractivity contribution is -0.131. The van der Waals surface area contributed by atoms with Crippen LogP contribution in [0.25, 0.3) is 10.4 Å². The number of carbonyl (C=O) groups is 2. The van der Waals surface area contributed by atoms with Gasteiger partial charge in [-0.2, -0.15) is 0 Å². The van der Waals surface area contributed by atoms with Gasteiger partial charge in [-0.1, -0.05) is 48.3 Å². The van der Waals surface area contributed by atoms with E-state index >= 15 is 0 Å². The molecule has 2 atom stereocenters. The molecule has 0 N–H and O–H groups in total. The lowest BCUT2D eigenvalue weighted by atomic mass is 9.96. The molecule has 1 unspecified atom stereocenters. The lowest BCUT2D eigenvalue weighted by Crippen LogP contribution is -2.46. The molecule has 2 amide bonds. The zero-order chi connectivity index (χ0) is 16.9. The standard InChI is InChI=1S/C17H20N4O3/c18-20-19-15(13-8-4-5-9-13)16(22)21-14(11-24-17(21)23)10-12-6-2-1-3-7-12/h1-3,6-7,13-15H,4-5,8-11H2/t14?,15-/m0/s1. The molecule has 1 heterocycles. The normalized spacial score (nSPS) is 22.1. The number of carbonyl (C=O) groups excluding carboxylic acids is 2. The van der Waals surface area contributed by atoms with Crippen LogP contribution in [0.3, 0.4) is 0 Å². The summed E-state index contributed by atoms with van der Waals surface area (Å²) in [6, 6.07) is 8.48. The third kappa shape index (κ3) is 3.36. The number of imide groups is 1. The number of rotatable bonds is 5. The van der Waals surface area contributed by atoms with E-state index in [0.717, 1.165) is 36.1 Å². The SMILES string of the molecule is [N-]=[N+]=N[C@H](C(=O)N1C(=O)OCC1Cc1ccccc1)C1CCCC1. The predicted octanol–water partition coefficient (Wildman–Crippen LogP) is 3.45. The second-order valence-electron chi connectivity index (χ2n) is 6.32. The monoisotopic (exact) mass is 328 g/mol. The summed E-state index contributed by atoms with van der Waals surface area (Å²) in [4.78, 5) is 29.0. The fraction of sp³-hybridized carbons (Fsp3) is 0.529. The molecular formula is C17H20N4O3. The largest absolute Gasteiger partial charge is 0.447 e. The van der Waals surface area contributed by atoms with Crippen molar-refractivity contribution in [3.63, 3.8) is 0 Å². The molecule has 7 nitrogen and oxygen atoms in total. The molecule has 0 bridgehead atoms. The van der Waals surface area contributed by atoms with Crippen molar-refractivity contribution in [1.82, 2.24) is 4.90 Å². The second-order valence-corrected chi connectivity index (χ2v) is 6.32. The molecule has 1 aliphatic carbocycles. The van der Waals surface area contributed by atoms with E-state index in [1.54, 1.807) is 0 Å². The third-order valence-electron chi connectivity index (χ3n) is 4.79. The maximum Gasteiger partial charge on any atom is 0.416 e. The molecule has 1 aromatic rings. The molecular weight excluding hydrogens is 308 g/mol. The van der Waals surface area contributed by atoms with Crippen LogP contribution in [0.5, 0.6) is 0 Å². The summed E-state index contributed by atoms with van der Waals surface area (Å²) >= 11 is 0. The quantitative estimate of drug-likeness (QED) is 0.470. The van der Waals surface area contributed by atoms with Crippen LogP contribution < -0.4 is 0 Å². The van der Waals surface area contributed by atoms with E-state index in [2.05, 4.69) is 10.0 Å². The van der Waals surface area contributed by atoms with E-state index < -0.39 is 18.0 Å². The van der Waals surface area contributed by atoms with E-state index in [1.165, 1.54) is 0 Å². The zero-order valence-electron chi connectivity index (χ0n) is 13.4. The van der Waals surface area contributed by atoms with Gasteiger partial charge in [0, 0.05) is 4.91 Å². The van der Waals surface area contributed by atoms with Gasteiger partial charge in [0.1, 0.15) is 12.6 Å². The molecule has 1 aromatic carbocycles. The molecule has 3 rings (SSSR count). The van der Waals surface area contributed by atoms with Gasteiger partial charge in [0.15, 0.2) is 0 Å². The molecule has 0 radical (unpaired) electrons. The van der Waals surface area contributed by atoms with Crippen molar-refractivity contribution in [2.24, 2.45) is 11.0 Å². The Morgan fingerprint density at radius 3 is 2.71 bits per heavy atom. The Labute approximate surface area is 140 Å². The summed E-state index contributed by atoms with van der Waals surface area (Å²) in [7, 11) is 0. The summed E-state index contributed by atoms with van der Waals surface area (Å²) in [6.07, 6.45) is 3.63. The van der Waals surface area contributed by atoms with Gasteiger partial charge < -0.3 is 4.74 Å². The number of ether oxygens (including phenoxy) is 1. The van der Waals surface area contributed by atoms with Gasteiger partial charge in [-0.3, -0.25) is 4.79 Å². The Bertz CT molecular complexity index is 651. The van der Waals surface area contributed by atoms with E-state index in [9.17, 15) is 9.59 Å². The van der Waals surface area contributed by atoms with Gasteiger partial charge in [0.05, 0.1) is 6.04 Å². The van der Waals surface area contributed by atoms with Crippen molar-refractivity contribution in [3.8, 4) is 0 Å². The molecule has 24 heavy (non-hydrogen) atoms. The predicted molar refractivity (Wildman–Crippen MR) is 87.0 cm³/mol. The van der Waals surface area contributed by atoms with Gasteiger partial charge in [0.2, 0.25) is 5.91 Å². The maximum atomic E-state index is 12.9. The molecule has 126 valence electrons. The van der Waals surface area contributed by atoms with Crippen molar-refractivity contribution in [1.29, 1.82) is 0 Å².